The molecule has 1 aliphatic rings. The second-order valence-electron chi connectivity index (χ2n) is 7.32. The highest BCUT2D eigenvalue weighted by atomic mass is 127. The van der Waals surface area contributed by atoms with Gasteiger partial charge in [-0.15, -0.1) is 0 Å². The average molecular weight is 605 g/mol. The van der Waals surface area contributed by atoms with Gasteiger partial charge in [-0.05, 0) is 83.1 Å². The predicted molar refractivity (Wildman–Crippen MR) is 140 cm³/mol. The van der Waals surface area contributed by atoms with E-state index in [1.807, 2.05) is 31.2 Å². The summed E-state index contributed by atoms with van der Waals surface area (Å²) in [7, 11) is 0. The van der Waals surface area contributed by atoms with Crippen molar-refractivity contribution in [1.82, 2.24) is 0 Å². The van der Waals surface area contributed by atoms with Crippen LogP contribution in [0.3, 0.4) is 0 Å². The summed E-state index contributed by atoms with van der Waals surface area (Å²) in [6, 6.07) is 16.9. The lowest BCUT2D eigenvalue weighted by Gasteiger charge is -2.14. The first kappa shape index (κ1) is 24.7. The number of benzene rings is 3. The number of aliphatic imine (C=N–C) groups is 1. The van der Waals surface area contributed by atoms with Crippen LogP contribution in [0.2, 0.25) is 5.02 Å². The number of carbonyl (C=O) groups is 1. The molecule has 0 aromatic heterocycles. The molecule has 0 bridgehead atoms. The fourth-order valence-electron chi connectivity index (χ4n) is 3.23. The van der Waals surface area contributed by atoms with Crippen molar-refractivity contribution in [1.29, 1.82) is 0 Å². The Morgan fingerprint density at radius 3 is 2.49 bits per heavy atom. The molecule has 0 aliphatic carbocycles. The fraction of sp³-hybridized carbons (Fsp3) is 0.120. The molecule has 0 unspecified atom stereocenters. The molecule has 4 rings (SSSR count). The number of hydrogen-bond donors (Lipinski definition) is 0. The second kappa shape index (κ2) is 10.9. The zero-order chi connectivity index (χ0) is 24.9. The number of halogens is 2. The Balaban J connectivity index is 1.59. The maximum atomic E-state index is 12.4. The smallest absolute Gasteiger partial charge is 0.363 e. The van der Waals surface area contributed by atoms with Crippen molar-refractivity contribution in [3.63, 3.8) is 0 Å². The minimum atomic E-state index is -0.647. The molecule has 0 spiro atoms. The number of rotatable bonds is 8. The van der Waals surface area contributed by atoms with E-state index >= 15 is 0 Å². The summed E-state index contributed by atoms with van der Waals surface area (Å²) >= 11 is 8.74. The van der Waals surface area contributed by atoms with Crippen molar-refractivity contribution in [2.75, 3.05) is 6.61 Å². The molecule has 3 aromatic rings. The molecule has 3 aromatic carbocycles. The van der Waals surface area contributed by atoms with Gasteiger partial charge in [0.1, 0.15) is 6.61 Å². The van der Waals surface area contributed by atoms with Gasteiger partial charge in [0.25, 0.3) is 5.69 Å². The summed E-state index contributed by atoms with van der Waals surface area (Å²) in [5.41, 5.74) is 1.98. The highest BCUT2D eigenvalue weighted by molar-refractivity contribution is 14.1. The minimum Gasteiger partial charge on any atom is -0.490 e. The Morgan fingerprint density at radius 1 is 1.11 bits per heavy atom. The van der Waals surface area contributed by atoms with Crippen LogP contribution in [0.4, 0.5) is 5.69 Å². The van der Waals surface area contributed by atoms with Gasteiger partial charge in [-0.25, -0.2) is 9.79 Å². The van der Waals surface area contributed by atoms with E-state index in [0.29, 0.717) is 40.9 Å². The molecular formula is C25H18ClIN2O6. The van der Waals surface area contributed by atoms with Gasteiger partial charge in [-0.1, -0.05) is 23.7 Å². The van der Waals surface area contributed by atoms with Crippen molar-refractivity contribution in [3.05, 3.63) is 102 Å². The molecule has 0 amide bonds. The van der Waals surface area contributed by atoms with Crippen molar-refractivity contribution in [2.45, 2.75) is 13.5 Å². The lowest BCUT2D eigenvalue weighted by atomic mass is 10.1. The van der Waals surface area contributed by atoms with Crippen LogP contribution in [0.25, 0.3) is 6.08 Å². The van der Waals surface area contributed by atoms with Crippen molar-refractivity contribution in [2.24, 2.45) is 4.99 Å². The largest absolute Gasteiger partial charge is 0.490 e. The number of esters is 1. The number of ether oxygens (including phenoxy) is 3. The zero-order valence-electron chi connectivity index (χ0n) is 18.4. The zero-order valence-corrected chi connectivity index (χ0v) is 21.3. The van der Waals surface area contributed by atoms with Gasteiger partial charge in [0.15, 0.2) is 17.2 Å². The maximum Gasteiger partial charge on any atom is 0.363 e. The van der Waals surface area contributed by atoms with Gasteiger partial charge < -0.3 is 14.2 Å². The van der Waals surface area contributed by atoms with Crippen LogP contribution >= 0.6 is 34.2 Å². The number of hydrogen-bond acceptors (Lipinski definition) is 7. The number of nitro groups is 1. The van der Waals surface area contributed by atoms with Crippen LogP contribution < -0.4 is 9.47 Å². The normalized spacial score (nSPS) is 14.0. The van der Waals surface area contributed by atoms with Crippen LogP contribution in [0, 0.1) is 13.7 Å². The molecule has 10 heteroatoms. The number of nitrogens with zero attached hydrogens (tertiary/aromatic N) is 2. The molecule has 0 N–H and O–H groups in total. The average Bonchev–Trinajstić information content (AvgIpc) is 3.20. The first-order valence-corrected chi connectivity index (χ1v) is 11.9. The lowest BCUT2D eigenvalue weighted by Crippen LogP contribution is -2.05. The van der Waals surface area contributed by atoms with Crippen LogP contribution in [0.15, 0.2) is 71.4 Å². The molecule has 1 aliphatic heterocycles. The molecular weight excluding hydrogens is 587 g/mol. The monoisotopic (exact) mass is 604 g/mol. The molecule has 0 radical (unpaired) electrons. The van der Waals surface area contributed by atoms with E-state index in [0.717, 1.165) is 9.13 Å². The van der Waals surface area contributed by atoms with Crippen molar-refractivity contribution in [3.8, 4) is 11.5 Å². The third-order valence-electron chi connectivity index (χ3n) is 4.88. The van der Waals surface area contributed by atoms with Gasteiger partial charge in [-0.3, -0.25) is 10.1 Å². The highest BCUT2D eigenvalue weighted by Gasteiger charge is 2.25. The van der Waals surface area contributed by atoms with Crippen LogP contribution in [0.1, 0.15) is 23.6 Å². The van der Waals surface area contributed by atoms with Gasteiger partial charge in [0, 0.05) is 21.3 Å². The van der Waals surface area contributed by atoms with E-state index in [4.69, 9.17) is 25.8 Å². The van der Waals surface area contributed by atoms with Gasteiger partial charge in [0.05, 0.1) is 16.6 Å². The summed E-state index contributed by atoms with van der Waals surface area (Å²) in [6.45, 7) is 2.55. The van der Waals surface area contributed by atoms with E-state index in [9.17, 15) is 14.9 Å². The SMILES string of the molecule is CCOc1cc(/C=C2\N=C(c3ccc([N+](=O)[O-])cc3)OC2=O)cc(Cl)c1OCc1ccc(I)cc1. The second-order valence-corrected chi connectivity index (χ2v) is 8.97. The first-order chi connectivity index (χ1) is 16.8. The van der Waals surface area contributed by atoms with Gasteiger partial charge in [-0.2, -0.15) is 0 Å². The molecule has 0 atom stereocenters. The number of cyclic esters (lactones) is 1. The molecule has 0 fully saturated rings. The van der Waals surface area contributed by atoms with Crippen molar-refractivity contribution >= 4 is 57.8 Å². The molecule has 1 heterocycles. The third-order valence-corrected chi connectivity index (χ3v) is 5.88. The molecule has 0 saturated heterocycles. The summed E-state index contributed by atoms with van der Waals surface area (Å²) in [6.07, 6.45) is 1.53. The van der Waals surface area contributed by atoms with E-state index in [1.165, 1.54) is 30.3 Å². The summed E-state index contributed by atoms with van der Waals surface area (Å²) in [5, 5.41) is 11.2. The van der Waals surface area contributed by atoms with Gasteiger partial charge in [0.2, 0.25) is 5.90 Å². The van der Waals surface area contributed by atoms with E-state index in [1.54, 1.807) is 12.1 Å². The molecule has 8 nitrogen and oxygen atoms in total. The minimum absolute atomic E-state index is 0.0597. The Bertz CT molecular complexity index is 1340. The maximum absolute atomic E-state index is 12.4. The van der Waals surface area contributed by atoms with E-state index < -0.39 is 10.9 Å². The number of non-ortho nitro benzene ring substituents is 1. The molecule has 35 heavy (non-hydrogen) atoms. The first-order valence-electron chi connectivity index (χ1n) is 10.4. The highest BCUT2D eigenvalue weighted by Crippen LogP contribution is 2.38. The standard InChI is InChI=1S/C25H18ClIN2O6/c1-2-33-22-13-16(11-20(26)23(22)34-14-15-3-7-18(27)8-4-15)12-21-25(30)35-24(28-21)17-5-9-19(10-6-17)29(31)32/h3-13H,2,14H2,1H3/b21-12-. The summed E-state index contributed by atoms with van der Waals surface area (Å²) in [4.78, 5) is 27.0. The van der Waals surface area contributed by atoms with E-state index in [-0.39, 0.29) is 17.3 Å². The topological polar surface area (TPSA) is 100 Å². The molecule has 0 saturated carbocycles. The van der Waals surface area contributed by atoms with E-state index in [2.05, 4.69) is 27.6 Å². The molecule has 178 valence electrons. The van der Waals surface area contributed by atoms with Gasteiger partial charge >= 0.3 is 5.97 Å². The Labute approximate surface area is 219 Å². The van der Waals surface area contributed by atoms with Crippen LogP contribution in [-0.2, 0) is 16.1 Å². The van der Waals surface area contributed by atoms with Crippen molar-refractivity contribution < 1.29 is 23.9 Å². The van der Waals surface area contributed by atoms with Crippen LogP contribution in [0.5, 0.6) is 11.5 Å². The summed E-state index contributed by atoms with van der Waals surface area (Å²) < 4.78 is 18.0. The van der Waals surface area contributed by atoms with Crippen LogP contribution in [-0.4, -0.2) is 23.4 Å². The summed E-state index contributed by atoms with van der Waals surface area (Å²) in [5.74, 6) is 0.248. The quantitative estimate of drug-likeness (QED) is 0.100. The Hall–Kier alpha value is -3.44. The predicted octanol–water partition coefficient (Wildman–Crippen LogP) is 6.18. The number of carbonyl (C=O) groups excluding carboxylic acids is 1. The lowest BCUT2D eigenvalue weighted by molar-refractivity contribution is -0.384. The third kappa shape index (κ3) is 5.98. The number of nitro benzene ring substituents is 1. The fourth-order valence-corrected chi connectivity index (χ4v) is 3.86. The Morgan fingerprint density at radius 2 is 1.83 bits per heavy atom. The Kier molecular flexibility index (Phi) is 7.67.